The third-order valence-corrected chi connectivity index (χ3v) is 3.84. The van der Waals surface area contributed by atoms with Crippen molar-refractivity contribution in [2.24, 2.45) is 13.0 Å². The Morgan fingerprint density at radius 2 is 2.33 bits per heavy atom. The highest BCUT2D eigenvalue weighted by atomic mass is 35.5. The summed E-state index contributed by atoms with van der Waals surface area (Å²) in [5.41, 5.74) is -0.0167. The second-order valence-electron chi connectivity index (χ2n) is 4.54. The molecular weight excluding hydrogens is 212 g/mol. The average molecular weight is 229 g/mol. The van der Waals surface area contributed by atoms with Crippen LogP contribution in [0.2, 0.25) is 5.02 Å². The number of nitrogens with zero attached hydrogens (tertiary/aromatic N) is 2. The Morgan fingerprint density at radius 1 is 1.60 bits per heavy atom. The van der Waals surface area contributed by atoms with Crippen LogP contribution >= 0.6 is 11.6 Å². The second kappa shape index (κ2) is 3.80. The van der Waals surface area contributed by atoms with Crippen LogP contribution in [0.3, 0.4) is 0 Å². The van der Waals surface area contributed by atoms with Crippen LogP contribution in [-0.2, 0) is 12.6 Å². The standard InChI is InChI=1S/C11H17ClN2O/c1-8-5-3-4-6-11(8,15)10-9(12)7-13-14(10)2/h7-8,15H,3-6H2,1-2H3. The largest absolute Gasteiger partial charge is 0.383 e. The molecule has 0 spiro atoms. The third kappa shape index (κ3) is 1.68. The Bertz CT molecular complexity index is 344. The number of aryl methyl sites for hydroxylation is 1. The summed E-state index contributed by atoms with van der Waals surface area (Å²) in [6.45, 7) is 2.09. The maximum Gasteiger partial charge on any atom is 0.110 e. The summed E-state index contributed by atoms with van der Waals surface area (Å²) in [5, 5.41) is 15.4. The molecule has 4 heteroatoms. The molecule has 1 N–H and O–H groups in total. The van der Waals surface area contributed by atoms with Crippen molar-refractivity contribution in [3.05, 3.63) is 16.9 Å². The lowest BCUT2D eigenvalue weighted by Gasteiger charge is -2.38. The highest BCUT2D eigenvalue weighted by molar-refractivity contribution is 6.31. The van der Waals surface area contributed by atoms with Gasteiger partial charge in [0.2, 0.25) is 0 Å². The number of hydrogen-bond acceptors (Lipinski definition) is 2. The van der Waals surface area contributed by atoms with E-state index in [0.717, 1.165) is 25.0 Å². The first-order chi connectivity index (χ1) is 7.05. The molecule has 0 amide bonds. The van der Waals surface area contributed by atoms with Gasteiger partial charge in [-0.25, -0.2) is 0 Å². The van der Waals surface area contributed by atoms with Crippen molar-refractivity contribution in [3.8, 4) is 0 Å². The zero-order valence-electron chi connectivity index (χ0n) is 9.20. The summed E-state index contributed by atoms with van der Waals surface area (Å²) in [7, 11) is 1.83. The van der Waals surface area contributed by atoms with Gasteiger partial charge in [0.05, 0.1) is 16.9 Å². The third-order valence-electron chi connectivity index (χ3n) is 3.56. The van der Waals surface area contributed by atoms with Crippen molar-refractivity contribution in [3.63, 3.8) is 0 Å². The van der Waals surface area contributed by atoms with E-state index < -0.39 is 5.60 Å². The van der Waals surface area contributed by atoms with E-state index in [1.165, 1.54) is 6.42 Å². The van der Waals surface area contributed by atoms with Gasteiger partial charge < -0.3 is 5.11 Å². The first-order valence-corrected chi connectivity index (χ1v) is 5.84. The molecule has 84 valence electrons. The highest BCUT2D eigenvalue weighted by Crippen LogP contribution is 2.43. The Kier molecular flexibility index (Phi) is 2.77. The molecule has 0 saturated heterocycles. The Morgan fingerprint density at radius 3 is 2.87 bits per heavy atom. The summed E-state index contributed by atoms with van der Waals surface area (Å²) in [6, 6.07) is 0. The number of rotatable bonds is 1. The van der Waals surface area contributed by atoms with Crippen LogP contribution in [0.5, 0.6) is 0 Å². The maximum atomic E-state index is 10.7. The average Bonchev–Trinajstić information content (AvgIpc) is 2.52. The van der Waals surface area contributed by atoms with Crippen molar-refractivity contribution in [2.75, 3.05) is 0 Å². The molecule has 1 aliphatic carbocycles. The van der Waals surface area contributed by atoms with Gasteiger partial charge in [-0.3, -0.25) is 4.68 Å². The van der Waals surface area contributed by atoms with Crippen LogP contribution in [0.4, 0.5) is 0 Å². The van der Waals surface area contributed by atoms with Gasteiger partial charge in [0.25, 0.3) is 0 Å². The van der Waals surface area contributed by atoms with E-state index in [2.05, 4.69) is 12.0 Å². The summed E-state index contributed by atoms with van der Waals surface area (Å²) in [5.74, 6) is 0.249. The predicted octanol–water partition coefficient (Wildman–Crippen LogP) is 2.47. The summed E-state index contributed by atoms with van der Waals surface area (Å²) < 4.78 is 1.70. The SMILES string of the molecule is CC1CCCCC1(O)c1c(Cl)cnn1C. The quantitative estimate of drug-likeness (QED) is 0.802. The van der Waals surface area contributed by atoms with Gasteiger partial charge in [0.1, 0.15) is 5.60 Å². The van der Waals surface area contributed by atoms with Crippen LogP contribution in [0.15, 0.2) is 6.20 Å². The smallest absolute Gasteiger partial charge is 0.110 e. The molecule has 1 heterocycles. The lowest BCUT2D eigenvalue weighted by Crippen LogP contribution is -2.38. The van der Waals surface area contributed by atoms with Gasteiger partial charge in [-0.2, -0.15) is 5.10 Å². The van der Waals surface area contributed by atoms with Crippen LogP contribution in [0.1, 0.15) is 38.3 Å². The molecule has 0 radical (unpaired) electrons. The maximum absolute atomic E-state index is 10.7. The molecule has 2 atom stereocenters. The molecule has 1 aromatic heterocycles. The van der Waals surface area contributed by atoms with Crippen molar-refractivity contribution < 1.29 is 5.11 Å². The molecule has 1 saturated carbocycles. The van der Waals surface area contributed by atoms with Gasteiger partial charge in [0.15, 0.2) is 0 Å². The topological polar surface area (TPSA) is 38.1 Å². The minimum Gasteiger partial charge on any atom is -0.383 e. The Hall–Kier alpha value is -0.540. The number of hydrogen-bond donors (Lipinski definition) is 1. The lowest BCUT2D eigenvalue weighted by molar-refractivity contribution is -0.0533. The zero-order valence-corrected chi connectivity index (χ0v) is 9.96. The van der Waals surface area contributed by atoms with Gasteiger partial charge in [0, 0.05) is 7.05 Å². The van der Waals surface area contributed by atoms with Crippen LogP contribution in [-0.4, -0.2) is 14.9 Å². The van der Waals surface area contributed by atoms with Crippen LogP contribution in [0, 0.1) is 5.92 Å². The van der Waals surface area contributed by atoms with Gasteiger partial charge >= 0.3 is 0 Å². The Balaban J connectivity index is 2.43. The fraction of sp³-hybridized carbons (Fsp3) is 0.727. The van der Waals surface area contributed by atoms with Crippen molar-refractivity contribution >= 4 is 11.6 Å². The van der Waals surface area contributed by atoms with Crippen molar-refractivity contribution in [1.29, 1.82) is 0 Å². The highest BCUT2D eigenvalue weighted by Gasteiger charge is 2.41. The molecule has 0 aromatic carbocycles. The summed E-state index contributed by atoms with van der Waals surface area (Å²) in [6.07, 6.45) is 5.70. The van der Waals surface area contributed by atoms with E-state index in [1.54, 1.807) is 10.9 Å². The molecule has 1 fully saturated rings. The van der Waals surface area contributed by atoms with E-state index in [9.17, 15) is 5.11 Å². The monoisotopic (exact) mass is 228 g/mol. The van der Waals surface area contributed by atoms with E-state index in [-0.39, 0.29) is 5.92 Å². The first-order valence-electron chi connectivity index (χ1n) is 5.46. The molecule has 2 unspecified atom stereocenters. The normalized spacial score (nSPS) is 31.9. The first kappa shape index (κ1) is 11.0. The van der Waals surface area contributed by atoms with Crippen LogP contribution < -0.4 is 0 Å². The van der Waals surface area contributed by atoms with E-state index in [4.69, 9.17) is 11.6 Å². The Labute approximate surface area is 95.0 Å². The summed E-state index contributed by atoms with van der Waals surface area (Å²) >= 11 is 6.09. The summed E-state index contributed by atoms with van der Waals surface area (Å²) in [4.78, 5) is 0. The fourth-order valence-electron chi connectivity index (χ4n) is 2.58. The van der Waals surface area contributed by atoms with Crippen molar-refractivity contribution in [2.45, 2.75) is 38.2 Å². The zero-order chi connectivity index (χ0) is 11.1. The van der Waals surface area contributed by atoms with Crippen LogP contribution in [0.25, 0.3) is 0 Å². The lowest BCUT2D eigenvalue weighted by atomic mass is 9.74. The molecule has 2 rings (SSSR count). The number of aromatic nitrogens is 2. The number of halogens is 1. The molecule has 1 aliphatic rings. The van der Waals surface area contributed by atoms with Gasteiger partial charge in [-0.1, -0.05) is 31.4 Å². The van der Waals surface area contributed by atoms with Gasteiger partial charge in [-0.05, 0) is 18.8 Å². The van der Waals surface area contributed by atoms with E-state index >= 15 is 0 Å². The second-order valence-corrected chi connectivity index (χ2v) is 4.94. The minimum atomic E-state index is -0.791. The molecule has 0 bridgehead atoms. The molecule has 3 nitrogen and oxygen atoms in total. The fourth-order valence-corrected chi connectivity index (χ4v) is 2.91. The van der Waals surface area contributed by atoms with Gasteiger partial charge in [-0.15, -0.1) is 0 Å². The number of aliphatic hydroxyl groups is 1. The molecule has 0 aliphatic heterocycles. The van der Waals surface area contributed by atoms with E-state index in [0.29, 0.717) is 5.02 Å². The predicted molar refractivity (Wildman–Crippen MR) is 59.7 cm³/mol. The van der Waals surface area contributed by atoms with E-state index in [1.807, 2.05) is 7.05 Å². The molecule has 15 heavy (non-hydrogen) atoms. The van der Waals surface area contributed by atoms with Crippen molar-refractivity contribution in [1.82, 2.24) is 9.78 Å². The molecular formula is C11H17ClN2O. The minimum absolute atomic E-state index is 0.249. The molecule has 1 aromatic rings.